The molecule has 6 nitrogen and oxygen atoms in total. The third-order valence-electron chi connectivity index (χ3n) is 5.30. The molecule has 0 fully saturated rings. The molecule has 0 saturated carbocycles. The fourth-order valence-electron chi connectivity index (χ4n) is 3.76. The molecule has 32 heavy (non-hydrogen) atoms. The van der Waals surface area contributed by atoms with E-state index in [-0.39, 0.29) is 6.61 Å². The smallest absolute Gasteiger partial charge is 0.341 e. The normalized spacial score (nSPS) is 14.6. The van der Waals surface area contributed by atoms with Crippen molar-refractivity contribution in [2.75, 3.05) is 13.2 Å². The maximum absolute atomic E-state index is 10.8. The number of nitrogens with zero attached hydrogens (tertiary/aromatic N) is 2. The fourth-order valence-corrected chi connectivity index (χ4v) is 3.76. The summed E-state index contributed by atoms with van der Waals surface area (Å²) in [5.74, 6) is -0.312. The van der Waals surface area contributed by atoms with Crippen LogP contribution >= 0.6 is 0 Å². The van der Waals surface area contributed by atoms with Crippen LogP contribution in [0.2, 0.25) is 0 Å². The maximum Gasteiger partial charge on any atom is 0.341 e. The zero-order chi connectivity index (χ0) is 22.2. The maximum atomic E-state index is 10.8. The van der Waals surface area contributed by atoms with E-state index in [0.717, 1.165) is 47.2 Å². The zero-order valence-corrected chi connectivity index (χ0v) is 17.6. The summed E-state index contributed by atoms with van der Waals surface area (Å²) in [6.45, 7) is 0.0491. The van der Waals surface area contributed by atoms with Gasteiger partial charge in [0.05, 0.1) is 0 Å². The van der Waals surface area contributed by atoms with E-state index in [4.69, 9.17) is 14.7 Å². The Kier molecular flexibility index (Phi) is 6.92. The lowest BCUT2D eigenvalue weighted by Crippen LogP contribution is -2.13. The van der Waals surface area contributed by atoms with E-state index >= 15 is 0 Å². The highest BCUT2D eigenvalue weighted by atomic mass is 16.6. The number of rotatable bonds is 8. The molecule has 0 atom stereocenters. The summed E-state index contributed by atoms with van der Waals surface area (Å²) in [4.78, 5) is 20.6. The highest BCUT2D eigenvalue weighted by Crippen LogP contribution is 2.31. The molecular weight excluding hydrogens is 404 g/mol. The van der Waals surface area contributed by atoms with Gasteiger partial charge in [0.25, 0.3) is 0 Å². The lowest BCUT2D eigenvalue weighted by Gasteiger charge is -2.21. The Bertz CT molecular complexity index is 1080. The third kappa shape index (κ3) is 5.40. The van der Waals surface area contributed by atoms with Crippen LogP contribution in [0.5, 0.6) is 5.75 Å². The molecule has 1 heterocycles. The third-order valence-corrected chi connectivity index (χ3v) is 5.30. The number of fused-ring (bicyclic) bond motifs is 1. The van der Waals surface area contributed by atoms with Gasteiger partial charge in [-0.1, -0.05) is 53.2 Å². The number of oxime groups is 1. The van der Waals surface area contributed by atoms with Crippen molar-refractivity contribution in [1.29, 1.82) is 0 Å². The number of allylic oxidation sites excluding steroid dienone is 1. The molecule has 0 saturated heterocycles. The van der Waals surface area contributed by atoms with Crippen molar-refractivity contribution >= 4 is 11.7 Å². The summed E-state index contributed by atoms with van der Waals surface area (Å²) < 4.78 is 5.44. The lowest BCUT2D eigenvalue weighted by molar-refractivity contribution is -0.139. The molecular formula is C26H24N2O4. The van der Waals surface area contributed by atoms with Gasteiger partial charge in [0.2, 0.25) is 0 Å². The first-order valence-electron chi connectivity index (χ1n) is 10.5. The van der Waals surface area contributed by atoms with Gasteiger partial charge in [-0.2, -0.15) is 0 Å². The lowest BCUT2D eigenvalue weighted by atomic mass is 9.87. The van der Waals surface area contributed by atoms with Crippen LogP contribution in [-0.2, 0) is 22.5 Å². The number of carbonyl (C=O) groups is 1. The number of hydrogen-bond donors (Lipinski definition) is 1. The predicted molar refractivity (Wildman–Crippen MR) is 122 cm³/mol. The highest BCUT2D eigenvalue weighted by molar-refractivity contribution is 6.12. The Morgan fingerprint density at radius 2 is 1.78 bits per heavy atom. The first-order valence-corrected chi connectivity index (χ1v) is 10.5. The molecule has 2 aromatic carbocycles. The summed E-state index contributed by atoms with van der Waals surface area (Å²) in [5.41, 5.74) is 6.21. The average molecular weight is 428 g/mol. The average Bonchev–Trinajstić information content (AvgIpc) is 2.83. The molecule has 0 aliphatic heterocycles. The van der Waals surface area contributed by atoms with Gasteiger partial charge in [0, 0.05) is 23.5 Å². The number of benzene rings is 2. The molecule has 1 aliphatic carbocycles. The summed E-state index contributed by atoms with van der Waals surface area (Å²) in [7, 11) is 0. The Morgan fingerprint density at radius 1 is 1.00 bits per heavy atom. The molecule has 4 rings (SSSR count). The molecule has 1 N–H and O–H groups in total. The molecule has 6 heteroatoms. The Balaban J connectivity index is 1.43. The van der Waals surface area contributed by atoms with Crippen LogP contribution in [0.4, 0.5) is 0 Å². The van der Waals surface area contributed by atoms with Gasteiger partial charge >= 0.3 is 5.97 Å². The van der Waals surface area contributed by atoms with Crippen LogP contribution in [0.1, 0.15) is 28.7 Å². The van der Waals surface area contributed by atoms with Gasteiger partial charge in [-0.05, 0) is 54.7 Å². The second-order valence-electron chi connectivity index (χ2n) is 7.45. The second-order valence-corrected chi connectivity index (χ2v) is 7.45. The number of carboxylic acids is 1. The van der Waals surface area contributed by atoms with Crippen LogP contribution in [0, 0.1) is 0 Å². The van der Waals surface area contributed by atoms with Gasteiger partial charge in [0.15, 0.2) is 6.61 Å². The molecule has 0 amide bonds. The second kappa shape index (κ2) is 10.4. The number of hydrogen-bond acceptors (Lipinski definition) is 5. The SMILES string of the molecule is O=C(O)COc1cccc2c1CCC(=CCON=C(c1ccccc1)c1ccncc1)C2. The molecule has 0 spiro atoms. The van der Waals surface area contributed by atoms with Crippen molar-refractivity contribution in [2.45, 2.75) is 19.3 Å². The van der Waals surface area contributed by atoms with Gasteiger partial charge in [-0.3, -0.25) is 4.98 Å². The van der Waals surface area contributed by atoms with E-state index in [0.29, 0.717) is 12.4 Å². The number of carboxylic acid groups (broad SMARTS) is 1. The first kappa shape index (κ1) is 21.3. The van der Waals surface area contributed by atoms with Crippen LogP contribution < -0.4 is 4.74 Å². The van der Waals surface area contributed by atoms with Crippen LogP contribution in [0.3, 0.4) is 0 Å². The Labute approximate surface area is 186 Å². The molecule has 3 aromatic rings. The number of aliphatic carboxylic acids is 1. The number of pyridine rings is 1. The van der Waals surface area contributed by atoms with Gasteiger partial charge in [-0.15, -0.1) is 0 Å². The van der Waals surface area contributed by atoms with Crippen molar-refractivity contribution in [3.63, 3.8) is 0 Å². The van der Waals surface area contributed by atoms with Crippen molar-refractivity contribution in [1.82, 2.24) is 4.98 Å². The molecule has 0 bridgehead atoms. The van der Waals surface area contributed by atoms with Crippen LogP contribution in [0.15, 0.2) is 89.9 Å². The first-order chi connectivity index (χ1) is 15.7. The Hall–Kier alpha value is -3.93. The van der Waals surface area contributed by atoms with Crippen molar-refractivity contribution in [3.05, 3.63) is 107 Å². The zero-order valence-electron chi connectivity index (χ0n) is 17.6. The highest BCUT2D eigenvalue weighted by Gasteiger charge is 2.17. The van der Waals surface area contributed by atoms with Crippen molar-refractivity contribution in [2.24, 2.45) is 5.16 Å². The summed E-state index contributed by atoms with van der Waals surface area (Å²) in [6, 6.07) is 19.5. The predicted octanol–water partition coefficient (Wildman–Crippen LogP) is 4.43. The van der Waals surface area contributed by atoms with Crippen LogP contribution in [0.25, 0.3) is 0 Å². The van der Waals surface area contributed by atoms with E-state index in [1.807, 2.05) is 54.6 Å². The summed E-state index contributed by atoms with van der Waals surface area (Å²) in [6.07, 6.45) is 8.04. The van der Waals surface area contributed by atoms with Crippen molar-refractivity contribution in [3.8, 4) is 5.75 Å². The molecule has 0 radical (unpaired) electrons. The van der Waals surface area contributed by atoms with Gasteiger partial charge in [0.1, 0.15) is 18.1 Å². The van der Waals surface area contributed by atoms with Gasteiger partial charge < -0.3 is 14.7 Å². The summed E-state index contributed by atoms with van der Waals surface area (Å²) >= 11 is 0. The van der Waals surface area contributed by atoms with E-state index in [1.165, 1.54) is 5.57 Å². The minimum absolute atomic E-state index is 0.327. The van der Waals surface area contributed by atoms with E-state index < -0.39 is 5.97 Å². The largest absolute Gasteiger partial charge is 0.482 e. The quantitative estimate of drug-likeness (QED) is 0.248. The molecule has 1 aromatic heterocycles. The van der Waals surface area contributed by atoms with Gasteiger partial charge in [-0.25, -0.2) is 4.79 Å². The van der Waals surface area contributed by atoms with E-state index in [2.05, 4.69) is 22.3 Å². The number of aromatic nitrogens is 1. The fraction of sp³-hybridized carbons (Fsp3) is 0.192. The minimum atomic E-state index is -0.974. The topological polar surface area (TPSA) is 81.0 Å². The van der Waals surface area contributed by atoms with E-state index in [1.54, 1.807) is 12.4 Å². The van der Waals surface area contributed by atoms with E-state index in [9.17, 15) is 4.79 Å². The Morgan fingerprint density at radius 3 is 2.56 bits per heavy atom. The minimum Gasteiger partial charge on any atom is -0.482 e. The van der Waals surface area contributed by atoms with Crippen LogP contribution in [-0.4, -0.2) is 35.0 Å². The molecule has 1 aliphatic rings. The number of ether oxygens (including phenoxy) is 1. The monoisotopic (exact) mass is 428 g/mol. The van der Waals surface area contributed by atoms with Crippen molar-refractivity contribution < 1.29 is 19.5 Å². The standard InChI is InChI=1S/C26H24N2O4/c29-25(30)18-31-24-8-4-7-22-17-19(9-10-23(22)24)13-16-32-28-26(20-5-2-1-3-6-20)21-11-14-27-15-12-21/h1-8,11-15H,9-10,16-18H2,(H,29,30). The summed E-state index contributed by atoms with van der Waals surface area (Å²) in [5, 5.41) is 13.3. The molecule has 162 valence electrons. The molecule has 0 unspecified atom stereocenters.